The van der Waals surface area contributed by atoms with Gasteiger partial charge in [-0.25, -0.2) is 8.78 Å². The van der Waals surface area contributed by atoms with E-state index in [-0.39, 0.29) is 17.7 Å². The molecule has 0 aliphatic carbocycles. The first kappa shape index (κ1) is 24.0. The van der Waals surface area contributed by atoms with Gasteiger partial charge in [0.25, 0.3) is 0 Å². The lowest BCUT2D eigenvalue weighted by molar-refractivity contribution is 0.210. The van der Waals surface area contributed by atoms with E-state index < -0.39 is 0 Å². The highest BCUT2D eigenvalue weighted by molar-refractivity contribution is 5.77. The van der Waals surface area contributed by atoms with Crippen molar-refractivity contribution in [1.82, 2.24) is 9.88 Å². The fraction of sp³-hybridized carbons (Fsp3) is 0.370. The predicted molar refractivity (Wildman–Crippen MR) is 130 cm³/mol. The first-order valence-corrected chi connectivity index (χ1v) is 11.8. The summed E-state index contributed by atoms with van der Waals surface area (Å²) in [5, 5.41) is 3.31. The van der Waals surface area contributed by atoms with E-state index in [2.05, 4.69) is 27.3 Å². The van der Waals surface area contributed by atoms with Gasteiger partial charge in [-0.05, 0) is 68.1 Å². The van der Waals surface area contributed by atoms with Gasteiger partial charge in [0.15, 0.2) is 5.82 Å². The Bertz CT molecular complexity index is 1060. The van der Waals surface area contributed by atoms with Crippen molar-refractivity contribution < 1.29 is 18.3 Å². The van der Waals surface area contributed by atoms with E-state index in [4.69, 9.17) is 9.47 Å². The van der Waals surface area contributed by atoms with Crippen molar-refractivity contribution >= 4 is 5.69 Å². The fourth-order valence-electron chi connectivity index (χ4n) is 4.38. The third-order valence-corrected chi connectivity index (χ3v) is 5.98. The van der Waals surface area contributed by atoms with Gasteiger partial charge in [-0.2, -0.15) is 0 Å². The summed E-state index contributed by atoms with van der Waals surface area (Å²) >= 11 is 0. The van der Waals surface area contributed by atoms with Crippen LogP contribution in [-0.2, 0) is 6.54 Å². The van der Waals surface area contributed by atoms with Crippen LogP contribution in [0.15, 0.2) is 54.9 Å². The van der Waals surface area contributed by atoms with Gasteiger partial charge in [0, 0.05) is 31.9 Å². The first-order chi connectivity index (χ1) is 16.6. The molecular formula is C27H31F2N3O2. The smallest absolute Gasteiger partial charge is 0.164 e. The van der Waals surface area contributed by atoms with E-state index in [0.717, 1.165) is 60.7 Å². The topological polar surface area (TPSA) is 46.6 Å². The summed E-state index contributed by atoms with van der Waals surface area (Å²) in [7, 11) is 0. The Labute approximate surface area is 199 Å². The van der Waals surface area contributed by atoms with Crippen LogP contribution in [0, 0.1) is 11.6 Å². The molecule has 0 bridgehead atoms. The average Bonchev–Trinajstić information content (AvgIpc) is 2.83. The molecule has 1 aromatic heterocycles. The molecule has 0 amide bonds. The molecule has 2 aromatic carbocycles. The van der Waals surface area contributed by atoms with Crippen molar-refractivity contribution in [3.63, 3.8) is 0 Å². The van der Waals surface area contributed by atoms with Gasteiger partial charge in [-0.1, -0.05) is 12.1 Å². The van der Waals surface area contributed by atoms with Crippen LogP contribution in [0.4, 0.5) is 14.5 Å². The normalized spacial score (nSPS) is 14.7. The number of benzene rings is 2. The molecule has 0 saturated carbocycles. The Kier molecular flexibility index (Phi) is 7.95. The van der Waals surface area contributed by atoms with Crippen molar-refractivity contribution in [3.8, 4) is 22.6 Å². The minimum absolute atomic E-state index is 0.229. The molecule has 7 heteroatoms. The maximum absolute atomic E-state index is 13.9. The number of nitrogens with one attached hydrogen (secondary N) is 1. The molecule has 0 spiro atoms. The zero-order chi connectivity index (χ0) is 23.9. The quantitative estimate of drug-likeness (QED) is 0.425. The number of ether oxygens (including phenoxy) is 2. The zero-order valence-corrected chi connectivity index (χ0v) is 19.7. The second-order valence-electron chi connectivity index (χ2n) is 8.39. The van der Waals surface area contributed by atoms with Crippen molar-refractivity contribution in [2.24, 2.45) is 0 Å². The average molecular weight is 468 g/mol. The highest BCUT2D eigenvalue weighted by Gasteiger charge is 2.22. The highest BCUT2D eigenvalue weighted by Crippen LogP contribution is 2.40. The third-order valence-electron chi connectivity index (χ3n) is 5.98. The van der Waals surface area contributed by atoms with Crippen LogP contribution in [0.25, 0.3) is 11.1 Å². The largest absolute Gasteiger partial charge is 0.493 e. The summed E-state index contributed by atoms with van der Waals surface area (Å²) in [6.07, 6.45) is 4.68. The van der Waals surface area contributed by atoms with E-state index >= 15 is 0 Å². The van der Waals surface area contributed by atoms with Crippen LogP contribution < -0.4 is 14.8 Å². The molecule has 5 nitrogen and oxygen atoms in total. The summed E-state index contributed by atoms with van der Waals surface area (Å²) in [6.45, 7) is 7.50. The van der Waals surface area contributed by atoms with Gasteiger partial charge in [-0.3, -0.25) is 9.88 Å². The Morgan fingerprint density at radius 3 is 2.21 bits per heavy atom. The molecular weight excluding hydrogens is 436 g/mol. The lowest BCUT2D eigenvalue weighted by atomic mass is 9.99. The number of pyridine rings is 1. The summed E-state index contributed by atoms with van der Waals surface area (Å²) < 4.78 is 39.4. The molecule has 2 heterocycles. The molecule has 34 heavy (non-hydrogen) atoms. The van der Waals surface area contributed by atoms with E-state index in [0.29, 0.717) is 18.9 Å². The number of anilines is 1. The highest BCUT2D eigenvalue weighted by atomic mass is 19.1. The van der Waals surface area contributed by atoms with E-state index in [1.54, 1.807) is 24.4 Å². The Balaban J connectivity index is 1.49. The number of nitrogens with zero attached hydrogens (tertiary/aromatic N) is 2. The Morgan fingerprint density at radius 2 is 1.62 bits per heavy atom. The van der Waals surface area contributed by atoms with E-state index in [1.165, 1.54) is 18.3 Å². The molecule has 1 N–H and O–H groups in total. The summed E-state index contributed by atoms with van der Waals surface area (Å²) in [5.41, 5.74) is 3.31. The third kappa shape index (κ3) is 5.83. The summed E-state index contributed by atoms with van der Waals surface area (Å²) in [5.74, 6) is 0.874. The number of piperidine rings is 1. The van der Waals surface area contributed by atoms with Gasteiger partial charge < -0.3 is 14.8 Å². The second-order valence-corrected chi connectivity index (χ2v) is 8.39. The maximum Gasteiger partial charge on any atom is 0.164 e. The van der Waals surface area contributed by atoms with E-state index in [9.17, 15) is 8.78 Å². The van der Waals surface area contributed by atoms with Gasteiger partial charge in [-0.15, -0.1) is 0 Å². The van der Waals surface area contributed by atoms with Gasteiger partial charge in [0.1, 0.15) is 17.3 Å². The van der Waals surface area contributed by atoms with Gasteiger partial charge in [0.2, 0.25) is 0 Å². The molecule has 180 valence electrons. The molecule has 1 fully saturated rings. The number of aromatic nitrogens is 1. The number of rotatable bonds is 9. The molecule has 4 rings (SSSR count). The Morgan fingerprint density at radius 1 is 0.971 bits per heavy atom. The van der Waals surface area contributed by atoms with Gasteiger partial charge >= 0.3 is 0 Å². The van der Waals surface area contributed by atoms with Crippen LogP contribution in [0.3, 0.4) is 0 Å². The lowest BCUT2D eigenvalue weighted by Gasteiger charge is -2.33. The molecule has 1 saturated heterocycles. The minimum atomic E-state index is -0.321. The Hall–Kier alpha value is -3.19. The molecule has 1 aliphatic rings. The van der Waals surface area contributed by atoms with Crippen molar-refractivity contribution in [2.45, 2.75) is 39.3 Å². The standard InChI is InChI=1S/C27H31F2N3O2/c1-3-33-25-15-19(16-26(34-4-2)27(25)20-5-7-21(28)8-6-20)18-32-13-10-22(11-14-32)31-24-9-12-30-17-23(24)29/h5-9,12,15-17,22H,3-4,10-11,13-14,18H2,1-2H3,(H,30,31). The zero-order valence-electron chi connectivity index (χ0n) is 19.7. The van der Waals surface area contributed by atoms with Crippen LogP contribution in [-0.4, -0.2) is 42.2 Å². The maximum atomic E-state index is 13.9. The van der Waals surface area contributed by atoms with Crippen LogP contribution in [0.2, 0.25) is 0 Å². The van der Waals surface area contributed by atoms with Crippen molar-refractivity contribution in [1.29, 1.82) is 0 Å². The number of hydrogen-bond acceptors (Lipinski definition) is 5. The fourth-order valence-corrected chi connectivity index (χ4v) is 4.38. The second kappa shape index (κ2) is 11.3. The molecule has 0 unspecified atom stereocenters. The van der Waals surface area contributed by atoms with Crippen LogP contribution in [0.1, 0.15) is 32.3 Å². The first-order valence-electron chi connectivity index (χ1n) is 11.8. The number of hydrogen-bond donors (Lipinski definition) is 1. The summed E-state index contributed by atoms with van der Waals surface area (Å²) in [4.78, 5) is 6.19. The number of halogens is 2. The number of likely N-dealkylation sites (tertiary alicyclic amines) is 1. The molecule has 0 radical (unpaired) electrons. The monoisotopic (exact) mass is 467 g/mol. The molecule has 0 atom stereocenters. The van der Waals surface area contributed by atoms with Crippen molar-refractivity contribution in [2.75, 3.05) is 31.6 Å². The van der Waals surface area contributed by atoms with Crippen LogP contribution >= 0.6 is 0 Å². The predicted octanol–water partition coefficient (Wildman–Crippen LogP) is 5.90. The SMILES string of the molecule is CCOc1cc(CN2CCC(Nc3ccncc3F)CC2)cc(OCC)c1-c1ccc(F)cc1. The van der Waals surface area contributed by atoms with Crippen molar-refractivity contribution in [3.05, 3.63) is 72.1 Å². The van der Waals surface area contributed by atoms with E-state index in [1.807, 2.05) is 13.8 Å². The van der Waals surface area contributed by atoms with Crippen LogP contribution in [0.5, 0.6) is 11.5 Å². The summed E-state index contributed by atoms with van der Waals surface area (Å²) in [6, 6.07) is 12.4. The molecule has 1 aliphatic heterocycles. The minimum Gasteiger partial charge on any atom is -0.493 e. The van der Waals surface area contributed by atoms with Gasteiger partial charge in [0.05, 0.1) is 30.7 Å². The molecule has 3 aromatic rings. The lowest BCUT2D eigenvalue weighted by Crippen LogP contribution is -2.38.